The summed E-state index contributed by atoms with van der Waals surface area (Å²) >= 11 is 1.25. The maximum Gasteiger partial charge on any atom is 0.261 e. The van der Waals surface area contributed by atoms with Gasteiger partial charge in [-0.05, 0) is 48.2 Å². The van der Waals surface area contributed by atoms with Crippen molar-refractivity contribution in [3.8, 4) is 0 Å². The minimum atomic E-state index is -1.34. The van der Waals surface area contributed by atoms with Crippen LogP contribution in [0.4, 0.5) is 10.1 Å². The molecule has 0 saturated heterocycles. The molecule has 0 aliphatic carbocycles. The number of para-hydroxylation sites is 1. The average molecular weight is 506 g/mol. The molecule has 2 heterocycles. The van der Waals surface area contributed by atoms with E-state index in [0.717, 1.165) is 0 Å². The number of nitrogens with one attached hydrogen (secondary N) is 2. The highest BCUT2D eigenvalue weighted by atomic mass is 32.1. The second kappa shape index (κ2) is 11.5. The fraction of sp³-hybridized carbons (Fsp3) is 0.148. The summed E-state index contributed by atoms with van der Waals surface area (Å²) in [7, 11) is 0. The molecular weight excluding hydrogens is 481 g/mol. The topological polar surface area (TPSA) is 91.7 Å². The van der Waals surface area contributed by atoms with Gasteiger partial charge in [-0.25, -0.2) is 4.39 Å². The van der Waals surface area contributed by atoms with Crippen molar-refractivity contribution in [2.45, 2.75) is 19.5 Å². The molecule has 2 N–H and O–H groups in total. The van der Waals surface area contributed by atoms with Gasteiger partial charge in [-0.3, -0.25) is 19.3 Å². The maximum absolute atomic E-state index is 15.0. The Morgan fingerprint density at radius 2 is 1.75 bits per heavy atom. The first-order valence-electron chi connectivity index (χ1n) is 11.2. The Bertz CT molecular complexity index is 1340. The molecule has 36 heavy (non-hydrogen) atoms. The number of halogens is 1. The number of hydrogen-bond donors (Lipinski definition) is 2. The van der Waals surface area contributed by atoms with Gasteiger partial charge in [-0.1, -0.05) is 42.5 Å². The van der Waals surface area contributed by atoms with Gasteiger partial charge in [0, 0.05) is 11.3 Å². The largest absolute Gasteiger partial charge is 0.467 e. The van der Waals surface area contributed by atoms with Crippen LogP contribution in [0, 0.1) is 12.7 Å². The summed E-state index contributed by atoms with van der Waals surface area (Å²) in [6.45, 7) is 1.46. The second-order valence-electron chi connectivity index (χ2n) is 7.93. The van der Waals surface area contributed by atoms with E-state index in [1.165, 1.54) is 40.7 Å². The van der Waals surface area contributed by atoms with Gasteiger partial charge in [-0.2, -0.15) is 0 Å². The molecule has 9 heteroatoms. The van der Waals surface area contributed by atoms with E-state index in [2.05, 4.69) is 10.6 Å². The highest BCUT2D eigenvalue weighted by molar-refractivity contribution is 7.12. The zero-order valence-corrected chi connectivity index (χ0v) is 20.3. The van der Waals surface area contributed by atoms with Crippen molar-refractivity contribution >= 4 is 34.7 Å². The lowest BCUT2D eigenvalue weighted by atomic mass is 10.0. The third-order valence-electron chi connectivity index (χ3n) is 5.51. The molecule has 0 radical (unpaired) electrons. The molecule has 2 aromatic carbocycles. The van der Waals surface area contributed by atoms with E-state index in [1.807, 2.05) is 0 Å². The van der Waals surface area contributed by atoms with Crippen LogP contribution in [0.2, 0.25) is 0 Å². The zero-order valence-electron chi connectivity index (χ0n) is 19.4. The number of thiophene rings is 1. The Morgan fingerprint density at radius 3 is 2.44 bits per heavy atom. The number of hydrogen-bond acceptors (Lipinski definition) is 5. The lowest BCUT2D eigenvalue weighted by Crippen LogP contribution is -2.48. The van der Waals surface area contributed by atoms with Crippen molar-refractivity contribution in [1.29, 1.82) is 0 Å². The molecule has 0 saturated carbocycles. The van der Waals surface area contributed by atoms with Gasteiger partial charge in [-0.15, -0.1) is 11.3 Å². The molecule has 0 aliphatic heterocycles. The molecular formula is C27H24FN3O4S. The van der Waals surface area contributed by atoms with Crippen molar-refractivity contribution in [2.24, 2.45) is 0 Å². The fourth-order valence-electron chi connectivity index (χ4n) is 3.77. The number of anilines is 1. The average Bonchev–Trinajstić information content (AvgIpc) is 3.60. The number of nitrogens with zero attached hydrogens (tertiary/aromatic N) is 1. The Kier molecular flexibility index (Phi) is 7.92. The van der Waals surface area contributed by atoms with Crippen LogP contribution >= 0.6 is 11.3 Å². The number of carbonyl (C=O) groups is 3. The number of aryl methyl sites for hydroxylation is 1. The minimum absolute atomic E-state index is 0.0237. The summed E-state index contributed by atoms with van der Waals surface area (Å²) < 4.78 is 20.3. The van der Waals surface area contributed by atoms with Crippen molar-refractivity contribution in [3.63, 3.8) is 0 Å². The molecule has 2 aromatic heterocycles. The molecule has 0 bridgehead atoms. The first-order chi connectivity index (χ1) is 17.5. The molecule has 4 rings (SSSR count). The maximum atomic E-state index is 15.0. The third kappa shape index (κ3) is 5.69. The Morgan fingerprint density at radius 1 is 0.972 bits per heavy atom. The van der Waals surface area contributed by atoms with Gasteiger partial charge in [0.05, 0.1) is 24.2 Å². The first-order valence-corrected chi connectivity index (χ1v) is 12.1. The van der Waals surface area contributed by atoms with Crippen LogP contribution in [-0.2, 0) is 16.1 Å². The van der Waals surface area contributed by atoms with Crippen molar-refractivity contribution in [3.05, 3.63) is 112 Å². The molecule has 4 aromatic rings. The Labute approximate surface area is 211 Å². The molecule has 7 nitrogen and oxygen atoms in total. The van der Waals surface area contributed by atoms with Crippen LogP contribution in [0.3, 0.4) is 0 Å². The van der Waals surface area contributed by atoms with Crippen LogP contribution < -0.4 is 15.5 Å². The number of rotatable bonds is 9. The predicted octanol–water partition coefficient (Wildman–Crippen LogP) is 4.61. The molecule has 1 unspecified atom stereocenters. The highest BCUT2D eigenvalue weighted by Gasteiger charge is 2.35. The summed E-state index contributed by atoms with van der Waals surface area (Å²) in [5.41, 5.74) is 1.15. The van der Waals surface area contributed by atoms with Crippen molar-refractivity contribution in [2.75, 3.05) is 11.4 Å². The predicted molar refractivity (Wildman–Crippen MR) is 135 cm³/mol. The highest BCUT2D eigenvalue weighted by Crippen LogP contribution is 2.31. The third-order valence-corrected chi connectivity index (χ3v) is 6.38. The van der Waals surface area contributed by atoms with Crippen LogP contribution in [0.5, 0.6) is 0 Å². The minimum Gasteiger partial charge on any atom is -0.467 e. The van der Waals surface area contributed by atoms with E-state index in [0.29, 0.717) is 21.9 Å². The lowest BCUT2D eigenvalue weighted by Gasteiger charge is -2.32. The molecule has 184 valence electrons. The molecule has 0 spiro atoms. The van der Waals surface area contributed by atoms with E-state index in [-0.39, 0.29) is 18.7 Å². The number of amides is 3. The number of benzene rings is 2. The number of furan rings is 1. The second-order valence-corrected chi connectivity index (χ2v) is 8.88. The standard InChI is InChI=1S/C27H24FN3O4S/c1-18-8-2-5-12-22(18)31(24(32)17-30-26(33)23-13-7-15-36-23)25(20-10-3-4-11-21(20)28)27(34)29-16-19-9-6-14-35-19/h2-15,25H,16-17H2,1H3,(H,29,34)(H,30,33). The summed E-state index contributed by atoms with van der Waals surface area (Å²) in [5, 5.41) is 7.11. The first kappa shape index (κ1) is 24.9. The van der Waals surface area contributed by atoms with E-state index in [4.69, 9.17) is 4.42 Å². The normalized spacial score (nSPS) is 11.5. The van der Waals surface area contributed by atoms with Crippen LogP contribution in [-0.4, -0.2) is 24.3 Å². The van der Waals surface area contributed by atoms with Gasteiger partial charge in [0.1, 0.15) is 17.6 Å². The van der Waals surface area contributed by atoms with Crippen LogP contribution in [0.15, 0.2) is 88.9 Å². The van der Waals surface area contributed by atoms with E-state index >= 15 is 4.39 Å². The lowest BCUT2D eigenvalue weighted by molar-refractivity contribution is -0.126. The van der Waals surface area contributed by atoms with E-state index in [9.17, 15) is 14.4 Å². The molecule has 0 fully saturated rings. The van der Waals surface area contributed by atoms with Crippen LogP contribution in [0.1, 0.15) is 32.6 Å². The Balaban J connectivity index is 1.70. The smallest absolute Gasteiger partial charge is 0.261 e. The van der Waals surface area contributed by atoms with E-state index < -0.39 is 29.6 Å². The van der Waals surface area contributed by atoms with E-state index in [1.54, 1.807) is 66.9 Å². The van der Waals surface area contributed by atoms with Crippen molar-refractivity contribution in [1.82, 2.24) is 10.6 Å². The fourth-order valence-corrected chi connectivity index (χ4v) is 4.41. The van der Waals surface area contributed by atoms with Gasteiger partial charge in [0.25, 0.3) is 5.91 Å². The monoisotopic (exact) mass is 505 g/mol. The van der Waals surface area contributed by atoms with Gasteiger partial charge >= 0.3 is 0 Å². The van der Waals surface area contributed by atoms with Gasteiger partial charge < -0.3 is 15.1 Å². The Hall–Kier alpha value is -4.24. The molecule has 0 aliphatic rings. The summed E-state index contributed by atoms with van der Waals surface area (Å²) in [4.78, 5) is 41.3. The van der Waals surface area contributed by atoms with Crippen LogP contribution in [0.25, 0.3) is 0 Å². The summed E-state index contributed by atoms with van der Waals surface area (Å²) in [5.74, 6) is -1.71. The SMILES string of the molecule is Cc1ccccc1N(C(=O)CNC(=O)c1cccs1)C(C(=O)NCc1ccco1)c1ccccc1F. The molecule has 3 amide bonds. The van der Waals surface area contributed by atoms with Gasteiger partial charge in [0.15, 0.2) is 0 Å². The zero-order chi connectivity index (χ0) is 25.5. The summed E-state index contributed by atoms with van der Waals surface area (Å²) in [6, 6.07) is 18.2. The molecule has 1 atom stereocenters. The van der Waals surface area contributed by atoms with Crippen molar-refractivity contribution < 1.29 is 23.2 Å². The number of carbonyl (C=O) groups excluding carboxylic acids is 3. The summed E-state index contributed by atoms with van der Waals surface area (Å²) in [6.07, 6.45) is 1.48. The van der Waals surface area contributed by atoms with Gasteiger partial charge in [0.2, 0.25) is 11.8 Å². The quantitative estimate of drug-likeness (QED) is 0.348.